The predicted molar refractivity (Wildman–Crippen MR) is 108 cm³/mol. The maximum absolute atomic E-state index is 12.9. The Morgan fingerprint density at radius 2 is 1.64 bits per heavy atom. The summed E-state index contributed by atoms with van der Waals surface area (Å²) in [5, 5.41) is 0. The fraction of sp³-hybridized carbons (Fsp3) is 0.381. The molecule has 0 bridgehead atoms. The number of amides is 1. The fourth-order valence-electron chi connectivity index (χ4n) is 3.32. The number of carbonyl (C=O) groups is 1. The van der Waals surface area contributed by atoms with Gasteiger partial charge in [0.05, 0.1) is 12.0 Å². The van der Waals surface area contributed by atoms with Gasteiger partial charge in [-0.05, 0) is 54.8 Å². The van der Waals surface area contributed by atoms with Crippen molar-refractivity contribution in [1.82, 2.24) is 9.21 Å². The minimum atomic E-state index is -3.61. The average molecular weight is 403 g/mol. The van der Waals surface area contributed by atoms with E-state index >= 15 is 0 Å². The third kappa shape index (κ3) is 4.36. The zero-order chi connectivity index (χ0) is 20.1. The number of carbonyl (C=O) groups excluding carboxylic acids is 1. The molecule has 1 saturated heterocycles. The summed E-state index contributed by atoms with van der Waals surface area (Å²) in [6.07, 6.45) is 2.11. The molecule has 0 spiro atoms. The van der Waals surface area contributed by atoms with Crippen LogP contribution in [0.3, 0.4) is 0 Å². The average Bonchev–Trinajstić information content (AvgIpc) is 3.26. The highest BCUT2D eigenvalue weighted by atomic mass is 32.2. The number of rotatable bonds is 7. The molecule has 0 aromatic heterocycles. The van der Waals surface area contributed by atoms with E-state index < -0.39 is 10.0 Å². The number of sulfonamides is 1. The summed E-state index contributed by atoms with van der Waals surface area (Å²) < 4.78 is 32.4. The van der Waals surface area contributed by atoms with Gasteiger partial charge < -0.3 is 9.64 Å². The van der Waals surface area contributed by atoms with Crippen LogP contribution < -0.4 is 4.74 Å². The summed E-state index contributed by atoms with van der Waals surface area (Å²) in [5.74, 6) is 0.655. The van der Waals surface area contributed by atoms with Crippen LogP contribution >= 0.6 is 0 Å². The van der Waals surface area contributed by atoms with Gasteiger partial charge in [0, 0.05) is 31.7 Å². The van der Waals surface area contributed by atoms with E-state index in [0.717, 1.165) is 31.5 Å². The van der Waals surface area contributed by atoms with E-state index in [1.54, 1.807) is 43.5 Å². The molecular formula is C21H26N2O4S. The second kappa shape index (κ2) is 8.75. The number of methoxy groups -OCH3 is 1. The molecule has 2 aromatic carbocycles. The van der Waals surface area contributed by atoms with Crippen LogP contribution in [-0.4, -0.2) is 50.3 Å². The Morgan fingerprint density at radius 3 is 2.18 bits per heavy atom. The SMILES string of the molecule is CCN(Cc1ccc(C(=O)N2CCCC2)cc1)S(=O)(=O)c1ccc(OC)cc1. The number of benzene rings is 2. The first kappa shape index (κ1) is 20.4. The van der Waals surface area contributed by atoms with E-state index in [-0.39, 0.29) is 17.3 Å². The smallest absolute Gasteiger partial charge is 0.253 e. The molecule has 0 atom stereocenters. The summed E-state index contributed by atoms with van der Waals surface area (Å²) >= 11 is 0. The fourth-order valence-corrected chi connectivity index (χ4v) is 4.76. The number of likely N-dealkylation sites (tertiary alicyclic amines) is 1. The van der Waals surface area contributed by atoms with Gasteiger partial charge in [0.2, 0.25) is 10.0 Å². The summed E-state index contributed by atoms with van der Waals surface area (Å²) in [6.45, 7) is 4.03. The minimum absolute atomic E-state index is 0.0438. The molecule has 1 heterocycles. The Kier molecular flexibility index (Phi) is 6.36. The van der Waals surface area contributed by atoms with Gasteiger partial charge in [0.15, 0.2) is 0 Å². The first-order valence-corrected chi connectivity index (χ1v) is 10.9. The van der Waals surface area contributed by atoms with Gasteiger partial charge in [-0.1, -0.05) is 19.1 Å². The number of ether oxygens (including phenoxy) is 1. The van der Waals surface area contributed by atoms with E-state index in [0.29, 0.717) is 17.9 Å². The highest BCUT2D eigenvalue weighted by Gasteiger charge is 2.24. The first-order valence-electron chi connectivity index (χ1n) is 9.48. The Bertz CT molecular complexity index is 902. The molecule has 0 unspecified atom stereocenters. The Labute approximate surface area is 166 Å². The highest BCUT2D eigenvalue weighted by molar-refractivity contribution is 7.89. The van der Waals surface area contributed by atoms with E-state index in [9.17, 15) is 13.2 Å². The topological polar surface area (TPSA) is 66.9 Å². The molecule has 1 aliphatic heterocycles. The summed E-state index contributed by atoms with van der Waals surface area (Å²) in [6, 6.07) is 13.6. The van der Waals surface area contributed by atoms with Gasteiger partial charge in [-0.2, -0.15) is 4.31 Å². The van der Waals surface area contributed by atoms with E-state index in [2.05, 4.69) is 0 Å². The molecule has 0 radical (unpaired) electrons. The van der Waals surface area contributed by atoms with E-state index in [4.69, 9.17) is 4.74 Å². The van der Waals surface area contributed by atoms with Crippen molar-refractivity contribution in [3.63, 3.8) is 0 Å². The van der Waals surface area contributed by atoms with Crippen LogP contribution in [-0.2, 0) is 16.6 Å². The second-order valence-electron chi connectivity index (χ2n) is 6.80. The van der Waals surface area contributed by atoms with Crippen LogP contribution in [0, 0.1) is 0 Å². The van der Waals surface area contributed by atoms with Crippen LogP contribution in [0.25, 0.3) is 0 Å². The van der Waals surface area contributed by atoms with Crippen LogP contribution in [0.4, 0.5) is 0 Å². The molecule has 1 fully saturated rings. The molecule has 150 valence electrons. The Morgan fingerprint density at radius 1 is 1.04 bits per heavy atom. The zero-order valence-electron chi connectivity index (χ0n) is 16.3. The van der Waals surface area contributed by atoms with Crippen molar-refractivity contribution < 1.29 is 17.9 Å². The lowest BCUT2D eigenvalue weighted by molar-refractivity contribution is 0.0793. The third-order valence-corrected chi connectivity index (χ3v) is 6.94. The standard InChI is InChI=1S/C21H26N2O4S/c1-3-23(28(25,26)20-12-10-19(27-2)11-13-20)16-17-6-8-18(9-7-17)21(24)22-14-4-5-15-22/h6-13H,3-5,14-16H2,1-2H3. The summed E-state index contributed by atoms with van der Waals surface area (Å²) in [7, 11) is -2.07. The Hall–Kier alpha value is -2.38. The van der Waals surface area contributed by atoms with Gasteiger partial charge in [-0.15, -0.1) is 0 Å². The van der Waals surface area contributed by atoms with Gasteiger partial charge in [-0.25, -0.2) is 8.42 Å². The van der Waals surface area contributed by atoms with Gasteiger partial charge >= 0.3 is 0 Å². The lowest BCUT2D eigenvalue weighted by Gasteiger charge is -2.21. The third-order valence-electron chi connectivity index (χ3n) is 5.00. The molecule has 0 N–H and O–H groups in total. The van der Waals surface area contributed by atoms with Gasteiger partial charge in [0.25, 0.3) is 5.91 Å². The predicted octanol–water partition coefficient (Wildman–Crippen LogP) is 3.14. The quantitative estimate of drug-likeness (QED) is 0.714. The molecular weight excluding hydrogens is 376 g/mol. The summed E-state index contributed by atoms with van der Waals surface area (Å²) in [4.78, 5) is 14.5. The van der Waals surface area contributed by atoms with Crippen LogP contribution in [0.15, 0.2) is 53.4 Å². The van der Waals surface area contributed by atoms with Gasteiger partial charge in [-0.3, -0.25) is 4.79 Å². The van der Waals surface area contributed by atoms with Crippen molar-refractivity contribution in [1.29, 1.82) is 0 Å². The normalized spacial score (nSPS) is 14.5. The highest BCUT2D eigenvalue weighted by Crippen LogP contribution is 2.21. The van der Waals surface area contributed by atoms with Crippen molar-refractivity contribution in [2.75, 3.05) is 26.7 Å². The van der Waals surface area contributed by atoms with E-state index in [1.807, 2.05) is 24.0 Å². The molecule has 7 heteroatoms. The molecule has 28 heavy (non-hydrogen) atoms. The van der Waals surface area contributed by atoms with Crippen molar-refractivity contribution in [2.24, 2.45) is 0 Å². The molecule has 1 amide bonds. The van der Waals surface area contributed by atoms with Crippen molar-refractivity contribution in [2.45, 2.75) is 31.2 Å². The van der Waals surface area contributed by atoms with E-state index in [1.165, 1.54) is 4.31 Å². The lowest BCUT2D eigenvalue weighted by atomic mass is 10.1. The monoisotopic (exact) mass is 402 g/mol. The molecule has 1 aliphatic rings. The largest absolute Gasteiger partial charge is 0.497 e. The summed E-state index contributed by atoms with van der Waals surface area (Å²) in [5.41, 5.74) is 1.49. The Balaban J connectivity index is 1.73. The van der Waals surface area contributed by atoms with Crippen LogP contribution in [0.5, 0.6) is 5.75 Å². The van der Waals surface area contributed by atoms with Crippen molar-refractivity contribution >= 4 is 15.9 Å². The molecule has 2 aromatic rings. The maximum atomic E-state index is 12.9. The second-order valence-corrected chi connectivity index (χ2v) is 8.74. The molecule has 3 rings (SSSR count). The number of nitrogens with zero attached hydrogens (tertiary/aromatic N) is 2. The number of hydrogen-bond acceptors (Lipinski definition) is 4. The lowest BCUT2D eigenvalue weighted by Crippen LogP contribution is -2.30. The van der Waals surface area contributed by atoms with Gasteiger partial charge in [0.1, 0.15) is 5.75 Å². The van der Waals surface area contributed by atoms with Crippen molar-refractivity contribution in [3.05, 3.63) is 59.7 Å². The molecule has 0 aliphatic carbocycles. The first-order chi connectivity index (χ1) is 13.5. The van der Waals surface area contributed by atoms with Crippen LogP contribution in [0.1, 0.15) is 35.7 Å². The molecule has 6 nitrogen and oxygen atoms in total. The van der Waals surface area contributed by atoms with Crippen LogP contribution in [0.2, 0.25) is 0 Å². The minimum Gasteiger partial charge on any atom is -0.497 e. The number of hydrogen-bond donors (Lipinski definition) is 0. The zero-order valence-corrected chi connectivity index (χ0v) is 17.1. The van der Waals surface area contributed by atoms with Crippen molar-refractivity contribution in [3.8, 4) is 5.75 Å². The molecule has 0 saturated carbocycles. The maximum Gasteiger partial charge on any atom is 0.253 e.